The Morgan fingerprint density at radius 3 is 2.43 bits per heavy atom. The number of nitrogen functional groups attached to an aromatic ring is 1. The highest BCUT2D eigenvalue weighted by atomic mass is 32.2. The van der Waals surface area contributed by atoms with Crippen molar-refractivity contribution in [2.24, 2.45) is 11.8 Å². The van der Waals surface area contributed by atoms with E-state index < -0.39 is 10.0 Å². The molecule has 0 amide bonds. The van der Waals surface area contributed by atoms with Crippen molar-refractivity contribution in [3.05, 3.63) is 23.3 Å². The Morgan fingerprint density at radius 2 is 1.95 bits per heavy atom. The SMILES string of the molecule is Cc1cc(NN)cc(C)c1S(=O)(=O)NC(C)C1CCOC1. The van der Waals surface area contributed by atoms with Gasteiger partial charge in [0.05, 0.1) is 11.5 Å². The molecular formula is C14H23N3O3S. The first-order chi connectivity index (χ1) is 9.85. The van der Waals surface area contributed by atoms with Crippen molar-refractivity contribution >= 4 is 15.7 Å². The van der Waals surface area contributed by atoms with Crippen LogP contribution in [0.3, 0.4) is 0 Å². The molecule has 1 aromatic rings. The van der Waals surface area contributed by atoms with Gasteiger partial charge in [0.2, 0.25) is 10.0 Å². The highest BCUT2D eigenvalue weighted by molar-refractivity contribution is 7.89. The van der Waals surface area contributed by atoms with Gasteiger partial charge in [-0.3, -0.25) is 5.84 Å². The maximum absolute atomic E-state index is 12.6. The molecule has 1 saturated heterocycles. The molecule has 2 atom stereocenters. The summed E-state index contributed by atoms with van der Waals surface area (Å²) in [4.78, 5) is 0.326. The first-order valence-electron chi connectivity index (χ1n) is 7.03. The van der Waals surface area contributed by atoms with E-state index in [9.17, 15) is 8.42 Å². The van der Waals surface area contributed by atoms with Gasteiger partial charge in [-0.2, -0.15) is 0 Å². The standard InChI is InChI=1S/C14H23N3O3S/c1-9-6-13(16-15)7-10(2)14(9)21(18,19)17-11(3)12-4-5-20-8-12/h6-7,11-12,16-17H,4-5,8,15H2,1-3H3. The summed E-state index contributed by atoms with van der Waals surface area (Å²) >= 11 is 0. The van der Waals surface area contributed by atoms with Crippen LogP contribution in [0.5, 0.6) is 0 Å². The van der Waals surface area contributed by atoms with Crippen LogP contribution >= 0.6 is 0 Å². The summed E-state index contributed by atoms with van der Waals surface area (Å²) in [5.41, 5.74) is 4.58. The molecular weight excluding hydrogens is 290 g/mol. The number of ether oxygens (including phenoxy) is 1. The topological polar surface area (TPSA) is 93.5 Å². The summed E-state index contributed by atoms with van der Waals surface area (Å²) in [7, 11) is -3.56. The second-order valence-electron chi connectivity index (χ2n) is 5.62. The molecule has 2 rings (SSSR count). The molecule has 0 aliphatic carbocycles. The zero-order valence-corrected chi connectivity index (χ0v) is 13.5. The summed E-state index contributed by atoms with van der Waals surface area (Å²) in [6, 6.07) is 3.30. The molecule has 0 spiro atoms. The zero-order chi connectivity index (χ0) is 15.6. The predicted octanol–water partition coefficient (Wildman–Crippen LogP) is 1.29. The maximum Gasteiger partial charge on any atom is 0.241 e. The monoisotopic (exact) mass is 313 g/mol. The number of anilines is 1. The number of sulfonamides is 1. The molecule has 6 nitrogen and oxygen atoms in total. The molecule has 118 valence electrons. The number of benzene rings is 1. The van der Waals surface area contributed by atoms with Crippen LogP contribution in [0, 0.1) is 19.8 Å². The minimum Gasteiger partial charge on any atom is -0.381 e. The molecule has 0 aromatic heterocycles. The molecule has 1 heterocycles. The summed E-state index contributed by atoms with van der Waals surface area (Å²) in [5.74, 6) is 5.61. The molecule has 1 aromatic carbocycles. The van der Waals surface area contributed by atoms with Crippen molar-refractivity contribution in [3.8, 4) is 0 Å². The van der Waals surface area contributed by atoms with E-state index in [1.165, 1.54) is 0 Å². The van der Waals surface area contributed by atoms with Crippen LogP contribution < -0.4 is 16.0 Å². The largest absolute Gasteiger partial charge is 0.381 e. The minimum absolute atomic E-state index is 0.149. The van der Waals surface area contributed by atoms with E-state index in [-0.39, 0.29) is 12.0 Å². The molecule has 4 N–H and O–H groups in total. The van der Waals surface area contributed by atoms with E-state index >= 15 is 0 Å². The number of rotatable bonds is 5. The summed E-state index contributed by atoms with van der Waals surface area (Å²) in [6.07, 6.45) is 0.887. The molecule has 1 fully saturated rings. The highest BCUT2D eigenvalue weighted by Gasteiger charge is 2.28. The van der Waals surface area contributed by atoms with Crippen molar-refractivity contribution in [2.45, 2.75) is 38.1 Å². The van der Waals surface area contributed by atoms with Gasteiger partial charge in [0.1, 0.15) is 0 Å². The Kier molecular flexibility index (Phi) is 4.88. The molecule has 1 aliphatic heterocycles. The van der Waals surface area contributed by atoms with Gasteiger partial charge in [-0.1, -0.05) is 0 Å². The van der Waals surface area contributed by atoms with Crippen molar-refractivity contribution in [3.63, 3.8) is 0 Å². The first kappa shape index (κ1) is 16.2. The Balaban J connectivity index is 2.27. The summed E-state index contributed by atoms with van der Waals surface area (Å²) in [5, 5.41) is 0. The summed E-state index contributed by atoms with van der Waals surface area (Å²) in [6.45, 7) is 6.73. The molecule has 0 radical (unpaired) electrons. The van der Waals surface area contributed by atoms with E-state index in [0.717, 1.165) is 6.42 Å². The lowest BCUT2D eigenvalue weighted by Crippen LogP contribution is -2.38. The van der Waals surface area contributed by atoms with Crippen LogP contribution in [0.4, 0.5) is 5.69 Å². The number of aryl methyl sites for hydroxylation is 2. The average Bonchev–Trinajstić information content (AvgIpc) is 2.90. The molecule has 21 heavy (non-hydrogen) atoms. The van der Waals surface area contributed by atoms with E-state index in [0.29, 0.717) is 34.9 Å². The summed E-state index contributed by atoms with van der Waals surface area (Å²) < 4.78 is 33.4. The first-order valence-corrected chi connectivity index (χ1v) is 8.51. The second kappa shape index (κ2) is 6.31. The van der Waals surface area contributed by atoms with Crippen molar-refractivity contribution < 1.29 is 13.2 Å². The van der Waals surface area contributed by atoms with Crippen LogP contribution in [-0.4, -0.2) is 27.7 Å². The van der Waals surface area contributed by atoms with Crippen molar-refractivity contribution in [2.75, 3.05) is 18.6 Å². The highest BCUT2D eigenvalue weighted by Crippen LogP contribution is 2.25. The van der Waals surface area contributed by atoms with Crippen molar-refractivity contribution in [1.82, 2.24) is 4.72 Å². The van der Waals surface area contributed by atoms with E-state index in [4.69, 9.17) is 10.6 Å². The number of nitrogens with one attached hydrogen (secondary N) is 2. The number of hydrogen-bond donors (Lipinski definition) is 3. The van der Waals surface area contributed by atoms with E-state index in [1.54, 1.807) is 26.0 Å². The Hall–Kier alpha value is -1.15. The minimum atomic E-state index is -3.56. The van der Waals surface area contributed by atoms with Crippen LogP contribution in [0.15, 0.2) is 17.0 Å². The van der Waals surface area contributed by atoms with Gasteiger partial charge in [0, 0.05) is 24.3 Å². The third kappa shape index (κ3) is 3.55. The van der Waals surface area contributed by atoms with Gasteiger partial charge < -0.3 is 10.2 Å². The van der Waals surface area contributed by atoms with Crippen LogP contribution in [-0.2, 0) is 14.8 Å². The van der Waals surface area contributed by atoms with Gasteiger partial charge in [-0.05, 0) is 50.5 Å². The van der Waals surface area contributed by atoms with Gasteiger partial charge >= 0.3 is 0 Å². The predicted molar refractivity (Wildman–Crippen MR) is 82.4 cm³/mol. The molecule has 1 aliphatic rings. The average molecular weight is 313 g/mol. The van der Waals surface area contributed by atoms with Gasteiger partial charge in [-0.15, -0.1) is 0 Å². The third-order valence-electron chi connectivity index (χ3n) is 3.91. The van der Waals surface area contributed by atoms with Gasteiger partial charge in [0.15, 0.2) is 0 Å². The van der Waals surface area contributed by atoms with Crippen LogP contribution in [0.1, 0.15) is 24.5 Å². The fraction of sp³-hybridized carbons (Fsp3) is 0.571. The number of nitrogens with two attached hydrogens (primary N) is 1. The Morgan fingerprint density at radius 1 is 1.33 bits per heavy atom. The van der Waals surface area contributed by atoms with E-state index in [1.807, 2.05) is 6.92 Å². The fourth-order valence-electron chi connectivity index (χ4n) is 2.80. The number of hydrogen-bond acceptors (Lipinski definition) is 5. The second-order valence-corrected chi connectivity index (χ2v) is 7.27. The smallest absolute Gasteiger partial charge is 0.241 e. The van der Waals surface area contributed by atoms with Gasteiger partial charge in [0.25, 0.3) is 0 Å². The Bertz CT molecular complexity index is 587. The lowest BCUT2D eigenvalue weighted by molar-refractivity contribution is 0.180. The molecule has 2 unspecified atom stereocenters. The molecule has 7 heteroatoms. The maximum atomic E-state index is 12.6. The molecule has 0 bridgehead atoms. The van der Waals surface area contributed by atoms with Crippen LogP contribution in [0.2, 0.25) is 0 Å². The third-order valence-corrected chi connectivity index (χ3v) is 5.77. The van der Waals surface area contributed by atoms with Crippen LogP contribution in [0.25, 0.3) is 0 Å². The zero-order valence-electron chi connectivity index (χ0n) is 12.6. The van der Waals surface area contributed by atoms with Gasteiger partial charge in [-0.25, -0.2) is 13.1 Å². The molecule has 0 saturated carbocycles. The quantitative estimate of drug-likeness (QED) is 0.562. The van der Waals surface area contributed by atoms with Crippen molar-refractivity contribution in [1.29, 1.82) is 0 Å². The fourth-order valence-corrected chi connectivity index (χ4v) is 4.57. The normalized spacial score (nSPS) is 20.5. The number of hydrazine groups is 1. The Labute approximate surface area is 126 Å². The van der Waals surface area contributed by atoms with E-state index in [2.05, 4.69) is 10.1 Å². The lowest BCUT2D eigenvalue weighted by atomic mass is 10.0. The lowest BCUT2D eigenvalue weighted by Gasteiger charge is -2.21.